The molecule has 126 valence electrons. The van der Waals surface area contributed by atoms with Gasteiger partial charge in [0.2, 0.25) is 0 Å². The van der Waals surface area contributed by atoms with Gasteiger partial charge in [0, 0.05) is 0 Å². The van der Waals surface area contributed by atoms with Crippen molar-refractivity contribution in [2.75, 3.05) is 0 Å². The number of benzene rings is 3. The molecule has 0 saturated heterocycles. The summed E-state index contributed by atoms with van der Waals surface area (Å²) in [7, 11) is 0. The van der Waals surface area contributed by atoms with Crippen molar-refractivity contribution in [1.82, 2.24) is 0 Å². The van der Waals surface area contributed by atoms with Crippen LogP contribution in [0.25, 0.3) is 0 Å². The minimum atomic E-state index is -2.08. The zero-order valence-electron chi connectivity index (χ0n) is 14.1. The maximum atomic E-state index is 11.7. The van der Waals surface area contributed by atoms with Gasteiger partial charge in [-0.25, -0.2) is 0 Å². The summed E-state index contributed by atoms with van der Waals surface area (Å²) in [6, 6.07) is 29.3. The normalized spacial score (nSPS) is 10.8. The van der Waals surface area contributed by atoms with Crippen LogP contribution in [0.4, 0.5) is 0 Å². The van der Waals surface area contributed by atoms with E-state index in [9.17, 15) is 4.79 Å². The van der Waals surface area contributed by atoms with Crippen molar-refractivity contribution in [2.45, 2.75) is 6.92 Å². The number of esters is 1. The van der Waals surface area contributed by atoms with Gasteiger partial charge in [-0.2, -0.15) is 0 Å². The zero-order valence-corrected chi connectivity index (χ0v) is 16.6. The third-order valence-electron chi connectivity index (χ3n) is 3.68. The number of carbonyl (C=O) groups is 1. The quantitative estimate of drug-likeness (QED) is 0.262. The molecular formula is C22H20O2Te. The fourth-order valence-electron chi connectivity index (χ4n) is 2.46. The summed E-state index contributed by atoms with van der Waals surface area (Å²) in [5.74, 6) is 0.162. The number of carbonyl (C=O) groups excluding carboxylic acids is 1. The van der Waals surface area contributed by atoms with Crippen molar-refractivity contribution in [2.24, 2.45) is 0 Å². The van der Waals surface area contributed by atoms with Gasteiger partial charge < -0.3 is 0 Å². The second-order valence-corrected chi connectivity index (χ2v) is 12.0. The summed E-state index contributed by atoms with van der Waals surface area (Å²) >= 11 is -2.08. The van der Waals surface area contributed by atoms with E-state index in [0.29, 0.717) is 11.3 Å². The van der Waals surface area contributed by atoms with Gasteiger partial charge in [-0.15, -0.1) is 0 Å². The molecule has 0 aliphatic rings. The van der Waals surface area contributed by atoms with Gasteiger partial charge in [-0.3, -0.25) is 0 Å². The van der Waals surface area contributed by atoms with Crippen molar-refractivity contribution in [3.05, 3.63) is 97.1 Å². The van der Waals surface area contributed by atoms with Crippen LogP contribution < -0.4 is 15.6 Å². The standard InChI is InChI=1S/C22H20O2Te/c1-17(2)22(23)24-18-13-15-21(16-14-18)25(19-9-5-3-6-10-19)20-11-7-4-8-12-20/h3-16,25H,1H2,2H3. The molecule has 0 amide bonds. The summed E-state index contributed by atoms with van der Waals surface area (Å²) in [5.41, 5.74) is 0.396. The Bertz CT molecular complexity index is 816. The van der Waals surface area contributed by atoms with Crippen LogP contribution in [0.5, 0.6) is 5.75 Å². The van der Waals surface area contributed by atoms with Crippen LogP contribution in [-0.2, 0) is 4.79 Å². The monoisotopic (exact) mass is 446 g/mol. The van der Waals surface area contributed by atoms with E-state index in [4.69, 9.17) is 4.74 Å². The molecule has 0 radical (unpaired) electrons. The molecule has 25 heavy (non-hydrogen) atoms. The molecule has 0 unspecified atom stereocenters. The Labute approximate surface area is 155 Å². The Hall–Kier alpha value is -2.34. The topological polar surface area (TPSA) is 26.3 Å². The molecule has 0 heterocycles. The Morgan fingerprint density at radius 2 is 1.20 bits per heavy atom. The van der Waals surface area contributed by atoms with Crippen LogP contribution in [0.3, 0.4) is 0 Å². The number of ether oxygens (including phenoxy) is 1. The van der Waals surface area contributed by atoms with Gasteiger partial charge >= 0.3 is 156 Å². The van der Waals surface area contributed by atoms with Crippen molar-refractivity contribution < 1.29 is 9.53 Å². The molecule has 3 aromatic carbocycles. The van der Waals surface area contributed by atoms with Gasteiger partial charge in [0.05, 0.1) is 0 Å². The molecule has 0 spiro atoms. The Morgan fingerprint density at radius 1 is 0.760 bits per heavy atom. The second-order valence-electron chi connectivity index (χ2n) is 5.67. The van der Waals surface area contributed by atoms with Crippen molar-refractivity contribution >= 4 is 36.4 Å². The van der Waals surface area contributed by atoms with E-state index in [1.54, 1.807) is 6.92 Å². The average molecular weight is 444 g/mol. The van der Waals surface area contributed by atoms with E-state index in [2.05, 4.69) is 67.2 Å². The predicted octanol–water partition coefficient (Wildman–Crippen LogP) is 2.42. The van der Waals surface area contributed by atoms with Gasteiger partial charge in [-0.05, 0) is 0 Å². The van der Waals surface area contributed by atoms with E-state index in [1.165, 1.54) is 10.8 Å². The van der Waals surface area contributed by atoms with Gasteiger partial charge in [0.25, 0.3) is 0 Å². The second kappa shape index (κ2) is 8.16. The molecule has 0 atom stereocenters. The van der Waals surface area contributed by atoms with Gasteiger partial charge in [0.1, 0.15) is 0 Å². The molecule has 3 heteroatoms. The third-order valence-corrected chi connectivity index (χ3v) is 10.7. The molecule has 0 bridgehead atoms. The van der Waals surface area contributed by atoms with Crippen molar-refractivity contribution in [1.29, 1.82) is 0 Å². The maximum absolute atomic E-state index is 11.7. The summed E-state index contributed by atoms with van der Waals surface area (Å²) in [5, 5.41) is 0. The van der Waals surface area contributed by atoms with E-state index in [0.717, 1.165) is 0 Å². The first-order valence-corrected chi connectivity index (χ1v) is 11.9. The molecule has 3 rings (SSSR count). The summed E-state index contributed by atoms with van der Waals surface area (Å²) in [4.78, 5) is 11.7. The van der Waals surface area contributed by atoms with E-state index < -0.39 is 25.5 Å². The van der Waals surface area contributed by atoms with Crippen molar-refractivity contribution in [3.8, 4) is 5.75 Å². The van der Waals surface area contributed by atoms with E-state index in [1.807, 2.05) is 24.3 Å². The van der Waals surface area contributed by atoms with Crippen LogP contribution in [0.1, 0.15) is 6.92 Å². The molecule has 3 aromatic rings. The molecule has 0 N–H and O–H groups in total. The number of hydrogen-bond donors (Lipinski definition) is 0. The first kappa shape index (κ1) is 17.5. The molecule has 0 fully saturated rings. The van der Waals surface area contributed by atoms with Crippen LogP contribution in [0.15, 0.2) is 97.1 Å². The molecule has 0 saturated carbocycles. The average Bonchev–Trinajstić information content (AvgIpc) is 2.65. The van der Waals surface area contributed by atoms with Crippen LogP contribution in [0.2, 0.25) is 0 Å². The number of rotatable bonds is 5. The van der Waals surface area contributed by atoms with E-state index in [-0.39, 0.29) is 0 Å². The summed E-state index contributed by atoms with van der Waals surface area (Å²) < 4.78 is 9.44. The first-order valence-electron chi connectivity index (χ1n) is 8.03. The van der Waals surface area contributed by atoms with Crippen molar-refractivity contribution in [3.63, 3.8) is 0 Å². The number of hydrogen-bond acceptors (Lipinski definition) is 2. The molecule has 0 aliphatic carbocycles. The fraction of sp³-hybridized carbons (Fsp3) is 0.0455. The zero-order chi connectivity index (χ0) is 17.6. The van der Waals surface area contributed by atoms with Crippen LogP contribution >= 0.6 is 0 Å². The first-order chi connectivity index (χ1) is 12.1. The van der Waals surface area contributed by atoms with Gasteiger partial charge in [-0.1, -0.05) is 0 Å². The Balaban J connectivity index is 1.94. The SMILES string of the molecule is C=C(C)C(=O)Oc1ccc([TeH](c2ccccc2)c2ccccc2)cc1. The molecule has 2 nitrogen and oxygen atoms in total. The molecule has 0 aliphatic heterocycles. The summed E-state index contributed by atoms with van der Waals surface area (Å²) in [6.45, 7) is 5.26. The predicted molar refractivity (Wildman–Crippen MR) is 106 cm³/mol. The molecular weight excluding hydrogens is 424 g/mol. The summed E-state index contributed by atoms with van der Waals surface area (Å²) in [6.07, 6.45) is 0. The minimum absolute atomic E-state index is 0.392. The van der Waals surface area contributed by atoms with Gasteiger partial charge in [0.15, 0.2) is 0 Å². The van der Waals surface area contributed by atoms with Crippen LogP contribution in [0, 0.1) is 0 Å². The fourth-order valence-corrected chi connectivity index (χ4v) is 8.97. The molecule has 0 aromatic heterocycles. The van der Waals surface area contributed by atoms with E-state index >= 15 is 0 Å². The van der Waals surface area contributed by atoms with Crippen LogP contribution in [-0.4, -0.2) is 25.5 Å². The third kappa shape index (κ3) is 4.39. The Kier molecular flexibility index (Phi) is 5.71. The Morgan fingerprint density at radius 3 is 1.64 bits per heavy atom.